The molecule has 1 N–H and O–H groups in total. The fourth-order valence-electron chi connectivity index (χ4n) is 1.89. The Morgan fingerprint density at radius 3 is 2.94 bits per heavy atom. The normalized spacial score (nSPS) is 21.3. The third-order valence-electron chi connectivity index (χ3n) is 2.76. The van der Waals surface area contributed by atoms with Crippen LogP contribution in [0.1, 0.15) is 6.42 Å². The predicted octanol–water partition coefficient (Wildman–Crippen LogP) is 1.72. The molecule has 2 atom stereocenters. The number of aromatic nitrogens is 1. The standard InChI is InChI=1S/C11H12N2O2S.ClH/c14-16(8-5-6-12-7-8)11-13-9-3-1-2-4-10(9)15-11;/h1-4,8,12H,5-7H2;1H/t8-,16+;/m1./s1. The summed E-state index contributed by atoms with van der Waals surface area (Å²) in [6.07, 6.45) is 0.922. The molecule has 0 saturated carbocycles. The van der Waals surface area contributed by atoms with Crippen molar-refractivity contribution in [1.82, 2.24) is 10.3 Å². The highest BCUT2D eigenvalue weighted by Crippen LogP contribution is 2.20. The highest BCUT2D eigenvalue weighted by Gasteiger charge is 2.25. The molecule has 6 heteroatoms. The highest BCUT2D eigenvalue weighted by molar-refractivity contribution is 7.85. The predicted molar refractivity (Wildman–Crippen MR) is 68.9 cm³/mol. The second-order valence-electron chi connectivity index (χ2n) is 3.86. The van der Waals surface area contributed by atoms with E-state index in [1.807, 2.05) is 24.3 Å². The Balaban J connectivity index is 0.00000108. The molecule has 1 aliphatic heterocycles. The number of hydrogen-bond acceptors (Lipinski definition) is 4. The minimum absolute atomic E-state index is 0. The summed E-state index contributed by atoms with van der Waals surface area (Å²) in [6.45, 7) is 1.71. The van der Waals surface area contributed by atoms with Gasteiger partial charge >= 0.3 is 0 Å². The van der Waals surface area contributed by atoms with Crippen molar-refractivity contribution in [3.05, 3.63) is 24.3 Å². The molecule has 4 nitrogen and oxygen atoms in total. The molecule has 92 valence electrons. The van der Waals surface area contributed by atoms with Crippen molar-refractivity contribution in [3.8, 4) is 0 Å². The molecule has 17 heavy (non-hydrogen) atoms. The third kappa shape index (κ3) is 2.36. The molecule has 0 spiro atoms. The molecule has 2 heterocycles. The van der Waals surface area contributed by atoms with E-state index >= 15 is 0 Å². The zero-order chi connectivity index (χ0) is 11.0. The minimum atomic E-state index is -1.13. The second-order valence-corrected chi connectivity index (χ2v) is 5.47. The van der Waals surface area contributed by atoms with E-state index < -0.39 is 10.8 Å². The lowest BCUT2D eigenvalue weighted by Gasteiger charge is -2.02. The Bertz CT molecular complexity index is 504. The summed E-state index contributed by atoms with van der Waals surface area (Å²) in [6, 6.07) is 7.49. The highest BCUT2D eigenvalue weighted by atomic mass is 35.5. The Morgan fingerprint density at radius 2 is 2.24 bits per heavy atom. The lowest BCUT2D eigenvalue weighted by atomic mass is 10.3. The van der Waals surface area contributed by atoms with Gasteiger partial charge in [0, 0.05) is 6.54 Å². The molecular weight excluding hydrogens is 260 g/mol. The van der Waals surface area contributed by atoms with Crippen molar-refractivity contribution < 1.29 is 8.63 Å². The maximum absolute atomic E-state index is 12.1. The van der Waals surface area contributed by atoms with E-state index in [0.29, 0.717) is 10.8 Å². The van der Waals surface area contributed by atoms with Gasteiger partial charge in [0.25, 0.3) is 5.22 Å². The summed E-state index contributed by atoms with van der Waals surface area (Å²) in [5, 5.41) is 3.68. The number of oxazole rings is 1. The Hall–Kier alpha value is -0.910. The Morgan fingerprint density at radius 1 is 1.41 bits per heavy atom. The van der Waals surface area contributed by atoms with Gasteiger partial charge in [-0.2, -0.15) is 0 Å². The van der Waals surface area contributed by atoms with Gasteiger partial charge in [0.05, 0.1) is 5.25 Å². The first-order valence-corrected chi connectivity index (χ1v) is 6.53. The van der Waals surface area contributed by atoms with E-state index in [2.05, 4.69) is 10.3 Å². The molecule has 1 aromatic carbocycles. The van der Waals surface area contributed by atoms with Crippen LogP contribution in [-0.2, 0) is 10.8 Å². The van der Waals surface area contributed by atoms with Crippen molar-refractivity contribution in [1.29, 1.82) is 0 Å². The molecule has 1 fully saturated rings. The number of para-hydroxylation sites is 2. The molecule has 0 amide bonds. The van der Waals surface area contributed by atoms with E-state index in [1.54, 1.807) is 0 Å². The first-order chi connectivity index (χ1) is 7.84. The number of hydrogen-bond donors (Lipinski definition) is 1. The van der Waals surface area contributed by atoms with Crippen LogP contribution in [0.3, 0.4) is 0 Å². The van der Waals surface area contributed by atoms with E-state index in [0.717, 1.165) is 25.0 Å². The third-order valence-corrected chi connectivity index (χ3v) is 4.29. The van der Waals surface area contributed by atoms with Crippen LogP contribution in [0.4, 0.5) is 0 Å². The van der Waals surface area contributed by atoms with Crippen LogP contribution in [0.15, 0.2) is 33.9 Å². The molecule has 1 saturated heterocycles. The molecular formula is C11H13ClN2O2S. The lowest BCUT2D eigenvalue weighted by Crippen LogP contribution is -2.18. The lowest BCUT2D eigenvalue weighted by molar-refractivity contribution is 0.475. The molecule has 1 aliphatic rings. The van der Waals surface area contributed by atoms with Crippen molar-refractivity contribution in [2.24, 2.45) is 0 Å². The average Bonchev–Trinajstić information content (AvgIpc) is 2.97. The summed E-state index contributed by atoms with van der Waals surface area (Å²) in [7, 11) is -1.13. The van der Waals surface area contributed by atoms with Crippen molar-refractivity contribution in [2.45, 2.75) is 16.9 Å². The van der Waals surface area contributed by atoms with E-state index in [1.165, 1.54) is 0 Å². The van der Waals surface area contributed by atoms with Crippen molar-refractivity contribution in [3.63, 3.8) is 0 Å². The minimum Gasteiger partial charge on any atom is -0.430 e. The molecule has 0 unspecified atom stereocenters. The van der Waals surface area contributed by atoms with Gasteiger partial charge in [-0.1, -0.05) is 12.1 Å². The molecule has 3 rings (SSSR count). The number of halogens is 1. The van der Waals surface area contributed by atoms with Gasteiger partial charge < -0.3 is 9.73 Å². The zero-order valence-electron chi connectivity index (χ0n) is 9.09. The van der Waals surface area contributed by atoms with E-state index in [4.69, 9.17) is 4.42 Å². The summed E-state index contributed by atoms with van der Waals surface area (Å²) >= 11 is 0. The number of benzene rings is 1. The van der Waals surface area contributed by atoms with Crippen LogP contribution < -0.4 is 5.32 Å². The van der Waals surface area contributed by atoms with Gasteiger partial charge in [-0.25, -0.2) is 9.19 Å². The number of rotatable bonds is 2. The molecule has 0 aliphatic carbocycles. The molecule has 2 aromatic rings. The van der Waals surface area contributed by atoms with Crippen LogP contribution in [-0.4, -0.2) is 27.5 Å². The largest absolute Gasteiger partial charge is 0.430 e. The van der Waals surface area contributed by atoms with Gasteiger partial charge in [-0.15, -0.1) is 12.4 Å². The van der Waals surface area contributed by atoms with Crippen LogP contribution >= 0.6 is 12.4 Å². The SMILES string of the molecule is Cl.O=[S@](c1nc2ccccc2o1)[C@@H]1CCNC1. The van der Waals surface area contributed by atoms with Crippen molar-refractivity contribution >= 4 is 34.3 Å². The molecule has 1 aromatic heterocycles. The fraction of sp³-hybridized carbons (Fsp3) is 0.364. The van der Waals surface area contributed by atoms with E-state index in [-0.39, 0.29) is 17.7 Å². The average molecular weight is 273 g/mol. The van der Waals surface area contributed by atoms with Gasteiger partial charge in [0.2, 0.25) is 0 Å². The second kappa shape index (κ2) is 5.16. The van der Waals surface area contributed by atoms with Crippen molar-refractivity contribution in [2.75, 3.05) is 13.1 Å². The van der Waals surface area contributed by atoms with Gasteiger partial charge in [0.1, 0.15) is 16.3 Å². The summed E-state index contributed by atoms with van der Waals surface area (Å²) in [5.74, 6) is 0. The van der Waals surface area contributed by atoms with Gasteiger partial charge in [-0.3, -0.25) is 0 Å². The molecule has 0 radical (unpaired) electrons. The summed E-state index contributed by atoms with van der Waals surface area (Å²) in [4.78, 5) is 4.26. The quantitative estimate of drug-likeness (QED) is 0.904. The Kier molecular flexibility index (Phi) is 3.81. The van der Waals surface area contributed by atoms with Crippen LogP contribution in [0.25, 0.3) is 11.1 Å². The summed E-state index contributed by atoms with van der Waals surface area (Å²) in [5.41, 5.74) is 1.48. The number of nitrogens with one attached hydrogen (secondary N) is 1. The monoisotopic (exact) mass is 272 g/mol. The first-order valence-electron chi connectivity index (χ1n) is 5.31. The van der Waals surface area contributed by atoms with Gasteiger partial charge in [0.15, 0.2) is 5.58 Å². The topological polar surface area (TPSA) is 55.1 Å². The zero-order valence-corrected chi connectivity index (χ0v) is 10.7. The van der Waals surface area contributed by atoms with E-state index in [9.17, 15) is 4.21 Å². The number of fused-ring (bicyclic) bond motifs is 1. The fourth-order valence-corrected chi connectivity index (χ4v) is 3.14. The maximum atomic E-state index is 12.1. The maximum Gasteiger partial charge on any atom is 0.288 e. The van der Waals surface area contributed by atoms with Gasteiger partial charge in [-0.05, 0) is 25.1 Å². The number of nitrogens with zero attached hydrogens (tertiary/aromatic N) is 1. The van der Waals surface area contributed by atoms with Crippen LogP contribution in [0.2, 0.25) is 0 Å². The van der Waals surface area contributed by atoms with Crippen LogP contribution in [0, 0.1) is 0 Å². The first kappa shape index (κ1) is 12.5. The van der Waals surface area contributed by atoms with Crippen LogP contribution in [0.5, 0.6) is 0 Å². The smallest absolute Gasteiger partial charge is 0.288 e. The molecule has 0 bridgehead atoms. The Labute approximate surface area is 108 Å². The summed E-state index contributed by atoms with van der Waals surface area (Å²) < 4.78 is 17.6.